The number of methoxy groups -OCH3 is 1. The van der Waals surface area contributed by atoms with E-state index in [1.165, 1.54) is 24.3 Å². The lowest BCUT2D eigenvalue weighted by molar-refractivity contribution is -0.126. The predicted molar refractivity (Wildman–Crippen MR) is 77.1 cm³/mol. The monoisotopic (exact) mass is 292 g/mol. The molecule has 1 aromatic heterocycles. The van der Waals surface area contributed by atoms with E-state index in [4.69, 9.17) is 4.74 Å². The first-order valence-electron chi connectivity index (χ1n) is 6.72. The van der Waals surface area contributed by atoms with Crippen molar-refractivity contribution in [2.24, 2.45) is 0 Å². The Morgan fingerprint density at radius 3 is 2.52 bits per heavy atom. The number of aromatic amines is 1. The van der Waals surface area contributed by atoms with Gasteiger partial charge in [-0.05, 0) is 26.0 Å². The number of ether oxygens (including phenoxy) is 1. The van der Waals surface area contributed by atoms with Crippen molar-refractivity contribution in [2.45, 2.75) is 13.8 Å². The fourth-order valence-electron chi connectivity index (χ4n) is 2.27. The maximum atomic E-state index is 14.3. The molecule has 112 valence electrons. The minimum atomic E-state index is -0.725. The van der Waals surface area contributed by atoms with Crippen LogP contribution in [0.3, 0.4) is 0 Å². The zero-order valence-electron chi connectivity index (χ0n) is 12.2. The highest BCUT2D eigenvalue weighted by molar-refractivity contribution is 6.44. The van der Waals surface area contributed by atoms with E-state index in [0.29, 0.717) is 18.6 Å². The van der Waals surface area contributed by atoms with Gasteiger partial charge in [0.05, 0.1) is 18.1 Å². The lowest BCUT2D eigenvalue weighted by Gasteiger charge is -2.17. The summed E-state index contributed by atoms with van der Waals surface area (Å²) < 4.78 is 19.2. The minimum Gasteiger partial charge on any atom is -0.494 e. The zero-order chi connectivity index (χ0) is 15.6. The van der Waals surface area contributed by atoms with Crippen molar-refractivity contribution in [2.75, 3.05) is 20.2 Å². The van der Waals surface area contributed by atoms with Crippen LogP contribution in [-0.4, -0.2) is 41.8 Å². The molecule has 1 aromatic carbocycles. The Morgan fingerprint density at radius 1 is 1.29 bits per heavy atom. The van der Waals surface area contributed by atoms with Crippen molar-refractivity contribution >= 4 is 22.6 Å². The van der Waals surface area contributed by atoms with Gasteiger partial charge in [0.2, 0.25) is 0 Å². The van der Waals surface area contributed by atoms with Gasteiger partial charge in [-0.3, -0.25) is 9.59 Å². The predicted octanol–water partition coefficient (Wildman–Crippen LogP) is 2.37. The molecule has 0 saturated carbocycles. The Hall–Kier alpha value is -2.37. The topological polar surface area (TPSA) is 62.4 Å². The van der Waals surface area contributed by atoms with E-state index in [1.54, 1.807) is 19.9 Å². The van der Waals surface area contributed by atoms with Crippen molar-refractivity contribution in [3.05, 3.63) is 29.7 Å². The molecule has 0 unspecified atom stereocenters. The Morgan fingerprint density at radius 2 is 1.95 bits per heavy atom. The minimum absolute atomic E-state index is 0.0262. The SMILES string of the molecule is CCN(CC)C(=O)C(=O)c1c[nH]c2ccc(OC)c(F)c12. The van der Waals surface area contributed by atoms with Gasteiger partial charge in [-0.15, -0.1) is 0 Å². The largest absolute Gasteiger partial charge is 0.494 e. The van der Waals surface area contributed by atoms with Crippen LogP contribution in [-0.2, 0) is 4.79 Å². The van der Waals surface area contributed by atoms with Gasteiger partial charge in [0.15, 0.2) is 11.6 Å². The van der Waals surface area contributed by atoms with Gasteiger partial charge < -0.3 is 14.6 Å². The second kappa shape index (κ2) is 5.95. The first-order valence-corrected chi connectivity index (χ1v) is 6.72. The van der Waals surface area contributed by atoms with E-state index >= 15 is 0 Å². The molecular weight excluding hydrogens is 275 g/mol. The summed E-state index contributed by atoms with van der Waals surface area (Å²) in [4.78, 5) is 28.6. The summed E-state index contributed by atoms with van der Waals surface area (Å²) in [5, 5.41) is 0.0832. The highest BCUT2D eigenvalue weighted by Crippen LogP contribution is 2.29. The molecule has 5 nitrogen and oxygen atoms in total. The average molecular weight is 292 g/mol. The van der Waals surface area contributed by atoms with Crippen LogP contribution in [0.25, 0.3) is 10.9 Å². The summed E-state index contributed by atoms with van der Waals surface area (Å²) in [5.74, 6) is -1.97. The number of likely N-dealkylation sites (N-methyl/N-ethyl adjacent to an activating group) is 1. The summed E-state index contributed by atoms with van der Waals surface area (Å²) in [6, 6.07) is 3.07. The second-order valence-electron chi connectivity index (χ2n) is 4.51. The van der Waals surface area contributed by atoms with Crippen LogP contribution in [0.2, 0.25) is 0 Å². The van der Waals surface area contributed by atoms with Crippen LogP contribution in [0.5, 0.6) is 5.75 Å². The van der Waals surface area contributed by atoms with Crippen LogP contribution in [0.4, 0.5) is 4.39 Å². The van der Waals surface area contributed by atoms with Crippen molar-refractivity contribution in [3.63, 3.8) is 0 Å². The number of aromatic nitrogens is 1. The third-order valence-electron chi connectivity index (χ3n) is 3.46. The third-order valence-corrected chi connectivity index (χ3v) is 3.46. The van der Waals surface area contributed by atoms with Gasteiger partial charge >= 0.3 is 0 Å². The number of carbonyl (C=O) groups is 2. The first-order chi connectivity index (χ1) is 10.0. The van der Waals surface area contributed by atoms with Gasteiger partial charge in [-0.1, -0.05) is 0 Å². The maximum absolute atomic E-state index is 14.3. The smallest absolute Gasteiger partial charge is 0.295 e. The molecule has 6 heteroatoms. The molecule has 0 aliphatic heterocycles. The van der Waals surface area contributed by atoms with Crippen LogP contribution in [0, 0.1) is 5.82 Å². The molecule has 1 heterocycles. The molecule has 1 amide bonds. The normalized spacial score (nSPS) is 10.7. The molecule has 1 N–H and O–H groups in total. The third kappa shape index (κ3) is 2.49. The van der Waals surface area contributed by atoms with E-state index in [1.807, 2.05) is 0 Å². The van der Waals surface area contributed by atoms with Gasteiger partial charge in [-0.2, -0.15) is 0 Å². The Kier molecular flexibility index (Phi) is 4.26. The van der Waals surface area contributed by atoms with Gasteiger partial charge in [0.25, 0.3) is 11.7 Å². The number of hydrogen-bond acceptors (Lipinski definition) is 3. The lowest BCUT2D eigenvalue weighted by atomic mass is 10.1. The Balaban J connectivity index is 2.52. The number of fused-ring (bicyclic) bond motifs is 1. The number of amides is 1. The highest BCUT2D eigenvalue weighted by Gasteiger charge is 2.26. The summed E-state index contributed by atoms with van der Waals surface area (Å²) >= 11 is 0. The quantitative estimate of drug-likeness (QED) is 0.680. The molecular formula is C15H17FN2O3. The zero-order valence-corrected chi connectivity index (χ0v) is 12.2. The summed E-state index contributed by atoms with van der Waals surface area (Å²) in [7, 11) is 1.35. The lowest BCUT2D eigenvalue weighted by Crippen LogP contribution is -2.36. The first kappa shape index (κ1) is 15.0. The average Bonchev–Trinajstić information content (AvgIpc) is 2.92. The molecule has 2 aromatic rings. The number of rotatable bonds is 5. The summed E-state index contributed by atoms with van der Waals surface area (Å²) in [6.07, 6.45) is 1.36. The number of carbonyl (C=O) groups excluding carboxylic acids is 2. The summed E-state index contributed by atoms with van der Waals surface area (Å²) in [6.45, 7) is 4.42. The molecule has 0 bridgehead atoms. The molecule has 0 aliphatic rings. The number of nitrogens with zero attached hydrogens (tertiary/aromatic N) is 1. The fraction of sp³-hybridized carbons (Fsp3) is 0.333. The van der Waals surface area contributed by atoms with Crippen molar-refractivity contribution in [3.8, 4) is 5.75 Å². The molecule has 2 rings (SSSR count). The summed E-state index contributed by atoms with van der Waals surface area (Å²) in [5.41, 5.74) is 0.474. The molecule has 0 aliphatic carbocycles. The van der Waals surface area contributed by atoms with Crippen molar-refractivity contribution < 1.29 is 18.7 Å². The van der Waals surface area contributed by atoms with E-state index in [0.717, 1.165) is 0 Å². The molecule has 0 fully saturated rings. The number of halogens is 1. The van der Waals surface area contributed by atoms with Gasteiger partial charge in [0.1, 0.15) is 0 Å². The maximum Gasteiger partial charge on any atom is 0.295 e. The fourth-order valence-corrected chi connectivity index (χ4v) is 2.27. The van der Waals surface area contributed by atoms with E-state index in [2.05, 4.69) is 4.98 Å². The van der Waals surface area contributed by atoms with Crippen LogP contribution in [0.1, 0.15) is 24.2 Å². The van der Waals surface area contributed by atoms with Crippen LogP contribution >= 0.6 is 0 Å². The molecule has 0 radical (unpaired) electrons. The number of hydrogen-bond donors (Lipinski definition) is 1. The number of benzene rings is 1. The molecule has 0 atom stereocenters. The van der Waals surface area contributed by atoms with E-state index < -0.39 is 17.5 Å². The van der Waals surface area contributed by atoms with Crippen LogP contribution in [0.15, 0.2) is 18.3 Å². The number of Topliss-reactive ketones (excluding diaryl/α,β-unsaturated/α-hetero) is 1. The van der Waals surface area contributed by atoms with Gasteiger partial charge in [0, 0.05) is 24.8 Å². The second-order valence-corrected chi connectivity index (χ2v) is 4.51. The number of ketones is 1. The van der Waals surface area contributed by atoms with Crippen LogP contribution < -0.4 is 4.74 Å². The number of nitrogens with one attached hydrogen (secondary N) is 1. The van der Waals surface area contributed by atoms with Crippen molar-refractivity contribution in [1.29, 1.82) is 0 Å². The molecule has 21 heavy (non-hydrogen) atoms. The Labute approximate surface area is 121 Å². The standard InChI is InChI=1S/C15H17FN2O3/c1-4-18(5-2)15(20)14(19)9-8-17-10-6-7-11(21-3)13(16)12(9)10/h6-8,17H,4-5H2,1-3H3. The van der Waals surface area contributed by atoms with Gasteiger partial charge in [-0.25, -0.2) is 4.39 Å². The molecule has 0 spiro atoms. The van der Waals surface area contributed by atoms with E-state index in [9.17, 15) is 14.0 Å². The van der Waals surface area contributed by atoms with E-state index in [-0.39, 0.29) is 16.7 Å². The number of H-pyrrole nitrogens is 1. The Bertz CT molecular complexity index is 690. The molecule has 0 saturated heterocycles. The highest BCUT2D eigenvalue weighted by atomic mass is 19.1. The van der Waals surface area contributed by atoms with Crippen molar-refractivity contribution in [1.82, 2.24) is 9.88 Å².